The summed E-state index contributed by atoms with van der Waals surface area (Å²) in [6.45, 7) is 3.99. The third-order valence-electron chi connectivity index (χ3n) is 3.13. The number of hydrogen-bond donors (Lipinski definition) is 2. The molecule has 0 unspecified atom stereocenters. The molecule has 7 heteroatoms. The maximum absolute atomic E-state index is 12.5. The van der Waals surface area contributed by atoms with E-state index in [-0.39, 0.29) is 23.4 Å². The first kappa shape index (κ1) is 15.7. The van der Waals surface area contributed by atoms with Crippen LogP contribution in [0.1, 0.15) is 24.2 Å². The van der Waals surface area contributed by atoms with Crippen LogP contribution in [0.25, 0.3) is 10.9 Å². The molecule has 1 amide bonds. The number of carbonyl (C=O) groups excluding carboxylic acids is 1. The topological polar surface area (TPSA) is 89.8 Å². The molecule has 0 fully saturated rings. The molecule has 2 aromatic rings. The molecule has 0 aliphatic carbocycles. The Morgan fingerprint density at radius 1 is 1.36 bits per heavy atom. The van der Waals surface area contributed by atoms with Crippen molar-refractivity contribution in [2.45, 2.75) is 13.8 Å². The third-order valence-corrected chi connectivity index (χ3v) is 3.13. The number of carbonyl (C=O) groups is 1. The van der Waals surface area contributed by atoms with Crippen molar-refractivity contribution in [3.63, 3.8) is 0 Å². The molecular weight excluding hydrogens is 288 g/mol. The van der Waals surface area contributed by atoms with Gasteiger partial charge in [0.25, 0.3) is 11.5 Å². The number of rotatable bonds is 5. The number of benzene rings is 1. The van der Waals surface area contributed by atoms with Crippen molar-refractivity contribution in [3.8, 4) is 11.5 Å². The summed E-state index contributed by atoms with van der Waals surface area (Å²) in [4.78, 5) is 30.0. The van der Waals surface area contributed by atoms with E-state index in [1.54, 1.807) is 32.0 Å². The molecule has 118 valence electrons. The molecule has 0 atom stereocenters. The Kier molecular flexibility index (Phi) is 4.55. The molecule has 0 saturated carbocycles. The second-order valence-corrected chi connectivity index (χ2v) is 4.46. The van der Waals surface area contributed by atoms with Crippen LogP contribution in [0.4, 0.5) is 0 Å². The molecule has 2 N–H and O–H groups in total. The number of hydrogen-bond acceptors (Lipinski definition) is 5. The zero-order chi connectivity index (χ0) is 16.3. The van der Waals surface area contributed by atoms with Gasteiger partial charge in [0.2, 0.25) is 0 Å². The van der Waals surface area contributed by atoms with E-state index in [0.29, 0.717) is 17.7 Å². The summed E-state index contributed by atoms with van der Waals surface area (Å²) < 4.78 is 6.21. The Labute approximate surface area is 127 Å². The van der Waals surface area contributed by atoms with Gasteiger partial charge in [0.15, 0.2) is 0 Å². The van der Waals surface area contributed by atoms with Crippen molar-refractivity contribution >= 4 is 16.8 Å². The second kappa shape index (κ2) is 6.38. The van der Waals surface area contributed by atoms with Crippen LogP contribution in [-0.2, 0) is 0 Å². The van der Waals surface area contributed by atoms with Crippen molar-refractivity contribution in [2.24, 2.45) is 0 Å². The minimum absolute atomic E-state index is 0.215. The number of fused-ring (bicyclic) bond motifs is 1. The smallest absolute Gasteiger partial charge is 0.300 e. The number of pyridine rings is 1. The van der Waals surface area contributed by atoms with Gasteiger partial charge in [-0.25, -0.2) is 0 Å². The molecule has 0 saturated heterocycles. The highest BCUT2D eigenvalue weighted by molar-refractivity contribution is 6.03. The SMILES string of the molecule is CCNC(=O)c1c(O)c2cccc(OC)c2n(OCC)c1=O. The minimum atomic E-state index is -0.734. The zero-order valence-electron chi connectivity index (χ0n) is 12.7. The highest BCUT2D eigenvalue weighted by atomic mass is 16.7. The van der Waals surface area contributed by atoms with Crippen molar-refractivity contribution < 1.29 is 19.5 Å². The fourth-order valence-corrected chi connectivity index (χ4v) is 2.23. The number of aromatic hydroxyl groups is 1. The molecule has 0 spiro atoms. The number of nitrogens with zero attached hydrogens (tertiary/aromatic N) is 1. The Balaban J connectivity index is 2.91. The molecule has 7 nitrogen and oxygen atoms in total. The van der Waals surface area contributed by atoms with Gasteiger partial charge in [-0.1, -0.05) is 6.07 Å². The van der Waals surface area contributed by atoms with Crippen LogP contribution >= 0.6 is 0 Å². The van der Waals surface area contributed by atoms with E-state index in [9.17, 15) is 14.7 Å². The van der Waals surface area contributed by atoms with Gasteiger partial charge in [-0.05, 0) is 26.0 Å². The summed E-state index contributed by atoms with van der Waals surface area (Å²) in [6.07, 6.45) is 0. The van der Waals surface area contributed by atoms with E-state index in [2.05, 4.69) is 5.32 Å². The Bertz CT molecular complexity index is 767. The van der Waals surface area contributed by atoms with Gasteiger partial charge in [-0.2, -0.15) is 0 Å². The molecule has 2 rings (SSSR count). The van der Waals surface area contributed by atoms with Gasteiger partial charge in [-0.15, -0.1) is 4.73 Å². The Morgan fingerprint density at radius 2 is 2.09 bits per heavy atom. The lowest BCUT2D eigenvalue weighted by Crippen LogP contribution is -2.36. The lowest BCUT2D eigenvalue weighted by Gasteiger charge is -2.16. The fraction of sp³-hybridized carbons (Fsp3) is 0.333. The zero-order valence-corrected chi connectivity index (χ0v) is 12.7. The van der Waals surface area contributed by atoms with E-state index < -0.39 is 11.5 Å². The van der Waals surface area contributed by atoms with Crippen LogP contribution in [0, 0.1) is 0 Å². The van der Waals surface area contributed by atoms with E-state index >= 15 is 0 Å². The Morgan fingerprint density at radius 3 is 2.68 bits per heavy atom. The average molecular weight is 306 g/mol. The summed E-state index contributed by atoms with van der Waals surface area (Å²) in [5.74, 6) is -0.676. The van der Waals surface area contributed by atoms with E-state index in [4.69, 9.17) is 9.57 Å². The number of para-hydroxylation sites is 1. The molecule has 0 aliphatic heterocycles. The summed E-state index contributed by atoms with van der Waals surface area (Å²) in [5, 5.41) is 13.2. The molecular formula is C15H18N2O5. The van der Waals surface area contributed by atoms with Gasteiger partial charge in [0.05, 0.1) is 7.11 Å². The largest absolute Gasteiger partial charge is 0.506 e. The number of amides is 1. The second-order valence-electron chi connectivity index (χ2n) is 4.46. The first-order chi connectivity index (χ1) is 10.6. The average Bonchev–Trinajstić information content (AvgIpc) is 2.51. The molecule has 0 bridgehead atoms. The lowest BCUT2D eigenvalue weighted by atomic mass is 10.1. The highest BCUT2D eigenvalue weighted by Gasteiger charge is 2.24. The maximum atomic E-state index is 12.5. The standard InChI is InChI=1S/C15H18N2O5/c1-4-16-14(19)11-13(18)9-7-6-8-10(21-3)12(9)17(15(11)20)22-5-2/h6-8,18H,4-5H2,1-3H3,(H,16,19). The first-order valence-electron chi connectivity index (χ1n) is 6.92. The van der Waals surface area contributed by atoms with Gasteiger partial charge in [-0.3, -0.25) is 9.59 Å². The molecule has 0 radical (unpaired) electrons. The van der Waals surface area contributed by atoms with Crippen LogP contribution in [-0.4, -0.2) is 36.0 Å². The molecule has 0 aliphatic rings. The van der Waals surface area contributed by atoms with E-state index in [1.165, 1.54) is 7.11 Å². The number of ether oxygens (including phenoxy) is 1. The molecule has 1 heterocycles. The minimum Gasteiger partial charge on any atom is -0.506 e. The van der Waals surface area contributed by atoms with Crippen molar-refractivity contribution in [1.29, 1.82) is 0 Å². The number of nitrogens with one attached hydrogen (secondary N) is 1. The fourth-order valence-electron chi connectivity index (χ4n) is 2.23. The summed E-state index contributed by atoms with van der Waals surface area (Å²) >= 11 is 0. The van der Waals surface area contributed by atoms with Crippen LogP contribution in [0.3, 0.4) is 0 Å². The van der Waals surface area contributed by atoms with Crippen LogP contribution < -0.4 is 20.5 Å². The van der Waals surface area contributed by atoms with Crippen LogP contribution in [0.5, 0.6) is 11.5 Å². The lowest BCUT2D eigenvalue weighted by molar-refractivity contribution is 0.0934. The summed E-state index contributed by atoms with van der Waals surface area (Å²) in [6, 6.07) is 4.89. The summed E-state index contributed by atoms with van der Waals surface area (Å²) in [7, 11) is 1.45. The molecule has 1 aromatic carbocycles. The monoisotopic (exact) mass is 306 g/mol. The predicted molar refractivity (Wildman–Crippen MR) is 81.6 cm³/mol. The first-order valence-corrected chi connectivity index (χ1v) is 6.92. The van der Waals surface area contributed by atoms with Gasteiger partial charge in [0, 0.05) is 11.9 Å². The van der Waals surface area contributed by atoms with Crippen molar-refractivity contribution in [3.05, 3.63) is 34.1 Å². The number of aromatic nitrogens is 1. The highest BCUT2D eigenvalue weighted by Crippen LogP contribution is 2.31. The maximum Gasteiger partial charge on any atom is 0.300 e. The quantitative estimate of drug-likeness (QED) is 0.857. The third kappa shape index (κ3) is 2.45. The van der Waals surface area contributed by atoms with E-state index in [0.717, 1.165) is 4.73 Å². The van der Waals surface area contributed by atoms with E-state index in [1.807, 2.05) is 0 Å². The number of methoxy groups -OCH3 is 1. The van der Waals surface area contributed by atoms with Crippen LogP contribution in [0.2, 0.25) is 0 Å². The Hall–Kier alpha value is -2.70. The van der Waals surface area contributed by atoms with Crippen molar-refractivity contribution in [2.75, 3.05) is 20.3 Å². The molecule has 22 heavy (non-hydrogen) atoms. The normalized spacial score (nSPS) is 10.5. The van der Waals surface area contributed by atoms with Crippen LogP contribution in [0.15, 0.2) is 23.0 Å². The molecule has 1 aromatic heterocycles. The summed E-state index contributed by atoms with van der Waals surface area (Å²) in [5.41, 5.74) is -0.805. The van der Waals surface area contributed by atoms with Gasteiger partial charge in [0.1, 0.15) is 29.2 Å². The van der Waals surface area contributed by atoms with Crippen molar-refractivity contribution in [1.82, 2.24) is 10.0 Å². The predicted octanol–water partition coefficient (Wildman–Crippen LogP) is 0.914. The van der Waals surface area contributed by atoms with Gasteiger partial charge < -0.3 is 20.0 Å². The van der Waals surface area contributed by atoms with Gasteiger partial charge >= 0.3 is 0 Å².